The summed E-state index contributed by atoms with van der Waals surface area (Å²) >= 11 is 0. The predicted molar refractivity (Wildman–Crippen MR) is 461 cm³/mol. The molecule has 3 aliphatic rings. The molecule has 17 unspecified atom stereocenters. The molecule has 0 aliphatic carbocycles. The maximum atomic E-state index is 13.5. The third-order valence-corrected chi connectivity index (χ3v) is 20.4. The van der Waals surface area contributed by atoms with Crippen LogP contribution in [-0.2, 0) is 33.2 Å². The van der Waals surface area contributed by atoms with E-state index in [2.05, 4.69) is 189 Å². The molecule has 3 aliphatic heterocycles. The summed E-state index contributed by atoms with van der Waals surface area (Å²) in [6, 6.07) is -1.04. The molecular formula is C95H155NO18. The molecule has 1 amide bonds. The van der Waals surface area contributed by atoms with Crippen LogP contribution < -0.4 is 5.32 Å². The number of unbranched alkanes of at least 4 members (excludes halogenated alkanes) is 24. The Kier molecular flexibility index (Phi) is 65.1. The molecule has 19 nitrogen and oxygen atoms in total. The maximum Gasteiger partial charge on any atom is 0.220 e. The summed E-state index contributed by atoms with van der Waals surface area (Å²) in [6.45, 7) is 1.57. The smallest absolute Gasteiger partial charge is 0.220 e. The van der Waals surface area contributed by atoms with Gasteiger partial charge in [0.1, 0.15) is 73.2 Å². The molecule has 3 fully saturated rings. The molecule has 3 saturated heterocycles. The molecular weight excluding hydrogens is 1440 g/mol. The van der Waals surface area contributed by atoms with Gasteiger partial charge in [-0.2, -0.15) is 0 Å². The van der Waals surface area contributed by atoms with Gasteiger partial charge >= 0.3 is 0 Å². The Bertz CT molecular complexity index is 2780. The highest BCUT2D eigenvalue weighted by Crippen LogP contribution is 2.33. The summed E-state index contributed by atoms with van der Waals surface area (Å²) in [7, 11) is 0. The first-order chi connectivity index (χ1) is 55.8. The number of nitrogens with one attached hydrogen (secondary N) is 1. The second-order valence-corrected chi connectivity index (χ2v) is 30.2. The molecule has 114 heavy (non-hydrogen) atoms. The Morgan fingerprint density at radius 3 is 0.982 bits per heavy atom. The number of amides is 1. The van der Waals surface area contributed by atoms with Crippen LogP contribution in [0.1, 0.15) is 277 Å². The van der Waals surface area contributed by atoms with Crippen molar-refractivity contribution in [2.75, 3.05) is 26.4 Å². The van der Waals surface area contributed by atoms with Crippen molar-refractivity contribution in [3.8, 4) is 0 Å². The lowest BCUT2D eigenvalue weighted by Gasteiger charge is -2.48. The highest BCUT2D eigenvalue weighted by atomic mass is 16.8. The monoisotopic (exact) mass is 1600 g/mol. The number of rotatable bonds is 68. The van der Waals surface area contributed by atoms with Crippen molar-refractivity contribution in [3.05, 3.63) is 182 Å². The molecule has 0 bridgehead atoms. The zero-order chi connectivity index (χ0) is 82.4. The van der Waals surface area contributed by atoms with Gasteiger partial charge in [-0.15, -0.1) is 0 Å². The lowest BCUT2D eigenvalue weighted by atomic mass is 9.96. The molecule has 0 saturated carbocycles. The largest absolute Gasteiger partial charge is 0.394 e. The number of carbonyl (C=O) groups excluding carboxylic acids is 1. The van der Waals surface area contributed by atoms with E-state index in [4.69, 9.17) is 28.4 Å². The van der Waals surface area contributed by atoms with Gasteiger partial charge in [-0.1, -0.05) is 318 Å². The third kappa shape index (κ3) is 50.0. The average molecular weight is 1600 g/mol. The molecule has 17 atom stereocenters. The van der Waals surface area contributed by atoms with Gasteiger partial charge in [-0.3, -0.25) is 4.79 Å². The first kappa shape index (κ1) is 103. The minimum Gasteiger partial charge on any atom is -0.394 e. The molecule has 0 aromatic carbocycles. The summed E-state index contributed by atoms with van der Waals surface area (Å²) in [5.41, 5.74) is 0. The number of hydrogen-bond donors (Lipinski definition) is 12. The van der Waals surface area contributed by atoms with Crippen LogP contribution in [0.5, 0.6) is 0 Å². The second-order valence-electron chi connectivity index (χ2n) is 30.2. The SMILES string of the molecule is CC/C=C\C/C=C\C/C=C\C/C=C\C/C=C\C/C=C\C/C=C\C/C=C\C/C=C\C/C=C\C/C=C\C/C=C\CCCCC(=O)NC(COC1OC(CO)C(OC2OC(CO)C(OC3OC(CO)C(O)C(O)C3O)C(O)C2O)C(O)C1O)C(O)/C=C/CC/C=C/CC/C=C/CCCCCCCCCCCCCCCCCCCCCC. The summed E-state index contributed by atoms with van der Waals surface area (Å²) in [4.78, 5) is 13.5. The quantitative estimate of drug-likeness (QED) is 0.0199. The van der Waals surface area contributed by atoms with Gasteiger partial charge in [0.05, 0.1) is 38.6 Å². The van der Waals surface area contributed by atoms with Crippen molar-refractivity contribution in [2.45, 2.75) is 381 Å². The Balaban J connectivity index is 1.39. The molecule has 648 valence electrons. The lowest BCUT2D eigenvalue weighted by Crippen LogP contribution is -2.66. The van der Waals surface area contributed by atoms with Crippen LogP contribution in [0.2, 0.25) is 0 Å². The van der Waals surface area contributed by atoms with Crippen LogP contribution in [0, 0.1) is 0 Å². The van der Waals surface area contributed by atoms with Crippen molar-refractivity contribution in [1.29, 1.82) is 0 Å². The van der Waals surface area contributed by atoms with E-state index in [-0.39, 0.29) is 12.3 Å². The van der Waals surface area contributed by atoms with E-state index in [9.17, 15) is 61.0 Å². The number of aliphatic hydroxyl groups excluding tert-OH is 11. The predicted octanol–water partition coefficient (Wildman–Crippen LogP) is 16.7. The minimum absolute atomic E-state index is 0.164. The fraction of sp³-hybridized carbons (Fsp3) is 0.674. The van der Waals surface area contributed by atoms with Crippen molar-refractivity contribution in [2.24, 2.45) is 0 Å². The molecule has 0 aromatic heterocycles. The molecule has 0 radical (unpaired) electrons. The zero-order valence-electron chi connectivity index (χ0n) is 69.7. The minimum atomic E-state index is -2.00. The van der Waals surface area contributed by atoms with E-state index in [1.54, 1.807) is 6.08 Å². The van der Waals surface area contributed by atoms with E-state index < -0.39 is 131 Å². The molecule has 0 spiro atoms. The lowest BCUT2D eigenvalue weighted by molar-refractivity contribution is -0.379. The van der Waals surface area contributed by atoms with Crippen molar-refractivity contribution in [3.63, 3.8) is 0 Å². The van der Waals surface area contributed by atoms with E-state index in [1.165, 1.54) is 128 Å². The maximum absolute atomic E-state index is 13.5. The first-order valence-corrected chi connectivity index (χ1v) is 44.0. The number of ether oxygens (including phenoxy) is 6. The van der Waals surface area contributed by atoms with Gasteiger partial charge in [0.15, 0.2) is 18.9 Å². The number of hydrogen-bond acceptors (Lipinski definition) is 18. The molecule has 0 aromatic rings. The molecule has 3 heterocycles. The Labute approximate surface area is 687 Å². The summed E-state index contributed by atoms with van der Waals surface area (Å²) < 4.78 is 34.4. The zero-order valence-corrected chi connectivity index (χ0v) is 69.7. The van der Waals surface area contributed by atoms with Crippen LogP contribution in [0.4, 0.5) is 0 Å². The molecule has 12 N–H and O–H groups in total. The van der Waals surface area contributed by atoms with Gasteiger partial charge in [0.25, 0.3) is 0 Å². The van der Waals surface area contributed by atoms with Gasteiger partial charge in [0, 0.05) is 6.42 Å². The van der Waals surface area contributed by atoms with E-state index in [0.717, 1.165) is 116 Å². The van der Waals surface area contributed by atoms with E-state index in [1.807, 2.05) is 6.08 Å². The highest BCUT2D eigenvalue weighted by molar-refractivity contribution is 5.76. The van der Waals surface area contributed by atoms with Gasteiger partial charge in [0.2, 0.25) is 5.91 Å². The van der Waals surface area contributed by atoms with Gasteiger partial charge < -0.3 is 89.9 Å². The Morgan fingerprint density at radius 1 is 0.325 bits per heavy atom. The number of allylic oxidation sites excluding steroid dienone is 29. The summed E-state index contributed by atoms with van der Waals surface area (Å²) in [5, 5.41) is 121. The van der Waals surface area contributed by atoms with Crippen LogP contribution in [0.25, 0.3) is 0 Å². The van der Waals surface area contributed by atoms with Crippen LogP contribution in [0.15, 0.2) is 182 Å². The Hall–Kier alpha value is -5.11. The molecule has 3 rings (SSSR count). The van der Waals surface area contributed by atoms with Crippen LogP contribution >= 0.6 is 0 Å². The number of aliphatic hydroxyl groups is 11. The van der Waals surface area contributed by atoms with Crippen molar-refractivity contribution < 1.29 is 89.4 Å². The van der Waals surface area contributed by atoms with Crippen molar-refractivity contribution >= 4 is 5.91 Å². The average Bonchev–Trinajstić information content (AvgIpc) is 0.783. The Morgan fingerprint density at radius 2 is 0.614 bits per heavy atom. The van der Waals surface area contributed by atoms with Crippen LogP contribution in [0.3, 0.4) is 0 Å². The third-order valence-electron chi connectivity index (χ3n) is 20.4. The molecule has 19 heteroatoms. The highest BCUT2D eigenvalue weighted by Gasteiger charge is 2.54. The standard InChI is InChI=1S/C95H155NO18/c1-3-5-7-9-11-13-15-17-19-21-23-25-27-29-31-33-35-36-37-38-39-40-41-42-43-45-47-49-51-53-55-57-59-61-63-65-67-69-71-73-83(101)96-78(79(100)72-70-68-66-64-62-60-58-56-54-52-50-48-46-44-34-32-30-28-26-24-22-20-18-16-14-12-10-8-6-4-2)77-109-93-89(107)86(104)91(81(75-98)111-93)114-95-90(108)87(105)92(82(76-99)112-95)113-94-88(106)85(103)84(102)80(74-97)110-94/h5,7,11,13,17,19,23,25,29,31,35-36,38-39,41-42,45,47,51,53-54,56-57,59,62-65,70,72,78-82,84-95,97-100,102-108H,3-4,6,8-10,12,14-16,18,20-22,24,26-28,30,32-34,37,40,43-44,46,48-50,52,55,58,60-61,66-69,71,73-77H2,1-2H3,(H,96,101)/b7-5-,13-11-,19-17-,25-23-,31-29-,36-35-,39-38-,42-41-,47-45-,53-51-,56-54+,59-57-,64-62+,65-63-,72-70+. The number of carbonyl (C=O) groups is 1. The van der Waals surface area contributed by atoms with Gasteiger partial charge in [-0.05, 0) is 135 Å². The topological polar surface area (TPSA) is 307 Å². The normalized spacial score (nSPS) is 25.6. The van der Waals surface area contributed by atoms with Gasteiger partial charge in [-0.25, -0.2) is 0 Å². The van der Waals surface area contributed by atoms with E-state index >= 15 is 0 Å². The summed E-state index contributed by atoms with van der Waals surface area (Å²) in [5.74, 6) is -0.338. The summed E-state index contributed by atoms with van der Waals surface area (Å²) in [6.07, 6.45) is 83.2. The first-order valence-electron chi connectivity index (χ1n) is 44.0. The second kappa shape index (κ2) is 72.0. The van der Waals surface area contributed by atoms with Crippen molar-refractivity contribution in [1.82, 2.24) is 5.32 Å². The van der Waals surface area contributed by atoms with E-state index in [0.29, 0.717) is 12.8 Å². The fourth-order valence-corrected chi connectivity index (χ4v) is 13.4. The van der Waals surface area contributed by atoms with Crippen LogP contribution in [-0.4, -0.2) is 193 Å². The fourth-order valence-electron chi connectivity index (χ4n) is 13.4.